The first-order valence-corrected chi connectivity index (χ1v) is 6.76. The van der Waals surface area contributed by atoms with Crippen LogP contribution in [0.25, 0.3) is 0 Å². The molecule has 90 valence electrons. The van der Waals surface area contributed by atoms with Gasteiger partial charge in [0.25, 0.3) is 0 Å². The van der Waals surface area contributed by atoms with Crippen LogP contribution in [0.4, 0.5) is 0 Å². The smallest absolute Gasteiger partial charge is 0.241 e. The summed E-state index contributed by atoms with van der Waals surface area (Å²) in [7, 11) is 0. The average Bonchev–Trinajstić information content (AvgIpc) is 2.68. The van der Waals surface area contributed by atoms with Crippen molar-refractivity contribution in [1.29, 1.82) is 0 Å². The van der Waals surface area contributed by atoms with E-state index in [1.807, 2.05) is 13.8 Å². The number of fused-ring (bicyclic) bond motifs is 1. The molecule has 16 heavy (non-hydrogen) atoms. The van der Waals surface area contributed by atoms with E-state index in [0.29, 0.717) is 6.04 Å². The zero-order valence-electron chi connectivity index (χ0n) is 9.90. The molecule has 4 nitrogen and oxygen atoms in total. The van der Waals surface area contributed by atoms with Gasteiger partial charge in [0.1, 0.15) is 6.04 Å². The van der Waals surface area contributed by atoms with Crippen LogP contribution >= 0.6 is 11.8 Å². The molecule has 2 aliphatic heterocycles. The van der Waals surface area contributed by atoms with Crippen LogP contribution in [0.15, 0.2) is 0 Å². The molecule has 1 unspecified atom stereocenters. The van der Waals surface area contributed by atoms with Crippen LogP contribution in [0.3, 0.4) is 0 Å². The Hall–Kier alpha value is -0.550. The van der Waals surface area contributed by atoms with Crippen molar-refractivity contribution < 1.29 is 9.59 Å². The quantitative estimate of drug-likeness (QED) is 0.788. The van der Waals surface area contributed by atoms with E-state index in [-0.39, 0.29) is 29.1 Å². The molecule has 2 fully saturated rings. The predicted molar refractivity (Wildman–Crippen MR) is 64.2 cm³/mol. The molecule has 0 aromatic rings. The zero-order chi connectivity index (χ0) is 11.9. The molecule has 0 saturated carbocycles. The Balaban J connectivity index is 2.09. The van der Waals surface area contributed by atoms with E-state index in [0.717, 1.165) is 12.2 Å². The van der Waals surface area contributed by atoms with Gasteiger partial charge in [-0.3, -0.25) is 9.59 Å². The summed E-state index contributed by atoms with van der Waals surface area (Å²) in [5.41, 5.74) is 0. The Morgan fingerprint density at radius 1 is 1.56 bits per heavy atom. The summed E-state index contributed by atoms with van der Waals surface area (Å²) in [6.45, 7) is 5.64. The third-order valence-corrected chi connectivity index (χ3v) is 4.40. The fourth-order valence-electron chi connectivity index (χ4n) is 2.38. The van der Waals surface area contributed by atoms with E-state index in [4.69, 9.17) is 0 Å². The number of Topliss-reactive ketones (excluding diaryl/α,β-unsaturated/α-hetero) is 1. The van der Waals surface area contributed by atoms with Crippen molar-refractivity contribution in [3.63, 3.8) is 0 Å². The topological polar surface area (TPSA) is 49.4 Å². The molecular weight excluding hydrogens is 224 g/mol. The van der Waals surface area contributed by atoms with Crippen molar-refractivity contribution in [3.05, 3.63) is 0 Å². The molecule has 0 bridgehead atoms. The SMILES string of the molecule is CC(=O)[C@H]1CSC2C[C@@H](NC(C)C)C(=O)N21. The number of rotatable bonds is 3. The van der Waals surface area contributed by atoms with Gasteiger partial charge >= 0.3 is 0 Å². The number of amides is 1. The van der Waals surface area contributed by atoms with Crippen molar-refractivity contribution in [3.8, 4) is 0 Å². The third kappa shape index (κ3) is 1.98. The Morgan fingerprint density at radius 3 is 2.81 bits per heavy atom. The molecule has 5 heteroatoms. The molecule has 2 aliphatic rings. The summed E-state index contributed by atoms with van der Waals surface area (Å²) in [5, 5.41) is 3.47. The van der Waals surface area contributed by atoms with Crippen LogP contribution in [0.2, 0.25) is 0 Å². The van der Waals surface area contributed by atoms with Gasteiger partial charge in [-0.2, -0.15) is 0 Å². The normalized spacial score (nSPS) is 33.6. The van der Waals surface area contributed by atoms with Gasteiger partial charge in [0.15, 0.2) is 5.78 Å². The van der Waals surface area contributed by atoms with Crippen LogP contribution in [0.1, 0.15) is 27.2 Å². The molecule has 2 rings (SSSR count). The van der Waals surface area contributed by atoms with Crippen LogP contribution in [0.5, 0.6) is 0 Å². The lowest BCUT2D eigenvalue weighted by molar-refractivity contribution is -0.136. The van der Waals surface area contributed by atoms with Crippen LogP contribution < -0.4 is 5.32 Å². The minimum absolute atomic E-state index is 0.0975. The summed E-state index contributed by atoms with van der Waals surface area (Å²) in [4.78, 5) is 25.4. The highest BCUT2D eigenvalue weighted by Crippen LogP contribution is 2.38. The molecule has 0 radical (unpaired) electrons. The van der Waals surface area contributed by atoms with Gasteiger partial charge in [-0.15, -0.1) is 11.8 Å². The van der Waals surface area contributed by atoms with E-state index in [9.17, 15) is 9.59 Å². The van der Waals surface area contributed by atoms with Gasteiger partial charge in [0, 0.05) is 18.2 Å². The molecule has 0 spiro atoms. The zero-order valence-corrected chi connectivity index (χ0v) is 10.7. The number of thioether (sulfide) groups is 1. The van der Waals surface area contributed by atoms with Gasteiger partial charge in [0.2, 0.25) is 5.91 Å². The van der Waals surface area contributed by atoms with Crippen LogP contribution in [-0.4, -0.2) is 45.8 Å². The highest BCUT2D eigenvalue weighted by molar-refractivity contribution is 8.00. The summed E-state index contributed by atoms with van der Waals surface area (Å²) in [5.74, 6) is 0.970. The number of nitrogens with one attached hydrogen (secondary N) is 1. The Morgan fingerprint density at radius 2 is 2.25 bits per heavy atom. The Bertz CT molecular complexity index is 319. The van der Waals surface area contributed by atoms with Gasteiger partial charge in [0.05, 0.1) is 11.4 Å². The molecule has 1 N–H and O–H groups in total. The molecule has 3 atom stereocenters. The highest BCUT2D eigenvalue weighted by Gasteiger charge is 2.48. The minimum Gasteiger partial charge on any atom is -0.318 e. The minimum atomic E-state index is -0.193. The summed E-state index contributed by atoms with van der Waals surface area (Å²) in [6, 6.07) is 0.0101. The van der Waals surface area contributed by atoms with Crippen molar-refractivity contribution >= 4 is 23.5 Å². The number of ketones is 1. The standard InChI is InChI=1S/C11H18N2O2S/c1-6(2)12-8-4-10-13(11(8)15)9(5-16-10)7(3)14/h6,8-10,12H,4-5H2,1-3H3/t8-,9-,10?/m1/s1. The first-order chi connectivity index (χ1) is 7.50. The predicted octanol–water partition coefficient (Wildman–Crippen LogP) is 0.616. The average molecular weight is 242 g/mol. The number of hydrogen-bond donors (Lipinski definition) is 1. The summed E-state index contributed by atoms with van der Waals surface area (Å²) < 4.78 is 0. The monoisotopic (exact) mass is 242 g/mol. The van der Waals surface area contributed by atoms with Gasteiger partial charge in [-0.05, 0) is 6.92 Å². The molecular formula is C11H18N2O2S. The van der Waals surface area contributed by atoms with Crippen LogP contribution in [0, 0.1) is 0 Å². The van der Waals surface area contributed by atoms with Gasteiger partial charge in [-0.1, -0.05) is 13.8 Å². The van der Waals surface area contributed by atoms with Gasteiger partial charge in [-0.25, -0.2) is 0 Å². The molecule has 0 aromatic carbocycles. The van der Waals surface area contributed by atoms with Crippen molar-refractivity contribution in [2.45, 2.75) is 50.7 Å². The fourth-order valence-corrected chi connectivity index (χ4v) is 3.92. The fraction of sp³-hybridized carbons (Fsp3) is 0.818. The molecule has 2 saturated heterocycles. The molecule has 0 aliphatic carbocycles. The summed E-state index contributed by atoms with van der Waals surface area (Å²) >= 11 is 1.73. The second kappa shape index (κ2) is 4.37. The van der Waals surface area contributed by atoms with Gasteiger partial charge < -0.3 is 10.2 Å². The summed E-state index contributed by atoms with van der Waals surface area (Å²) in [6.07, 6.45) is 0.825. The number of carbonyl (C=O) groups is 2. The maximum Gasteiger partial charge on any atom is 0.241 e. The van der Waals surface area contributed by atoms with Crippen molar-refractivity contribution in [2.75, 3.05) is 5.75 Å². The number of hydrogen-bond acceptors (Lipinski definition) is 4. The first-order valence-electron chi connectivity index (χ1n) is 5.71. The van der Waals surface area contributed by atoms with E-state index in [1.54, 1.807) is 23.6 Å². The maximum atomic E-state index is 12.1. The van der Waals surface area contributed by atoms with E-state index in [2.05, 4.69) is 5.32 Å². The largest absolute Gasteiger partial charge is 0.318 e. The first kappa shape index (κ1) is 11.9. The molecule has 1 amide bonds. The lowest BCUT2D eigenvalue weighted by Crippen LogP contribution is -2.46. The van der Waals surface area contributed by atoms with Crippen molar-refractivity contribution in [2.24, 2.45) is 0 Å². The number of carbonyl (C=O) groups excluding carboxylic acids is 2. The number of nitrogens with zero attached hydrogens (tertiary/aromatic N) is 1. The third-order valence-electron chi connectivity index (χ3n) is 3.09. The lowest BCUT2D eigenvalue weighted by Gasteiger charge is -2.22. The maximum absolute atomic E-state index is 12.1. The second-order valence-corrected chi connectivity index (χ2v) is 5.98. The van der Waals surface area contributed by atoms with E-state index in [1.165, 1.54) is 0 Å². The van der Waals surface area contributed by atoms with E-state index < -0.39 is 0 Å². The molecule has 0 aromatic heterocycles. The highest BCUT2D eigenvalue weighted by atomic mass is 32.2. The Kier molecular flexibility index (Phi) is 3.26. The van der Waals surface area contributed by atoms with Crippen LogP contribution in [-0.2, 0) is 9.59 Å². The van der Waals surface area contributed by atoms with E-state index >= 15 is 0 Å². The lowest BCUT2D eigenvalue weighted by atomic mass is 10.2. The molecule has 2 heterocycles. The second-order valence-electron chi connectivity index (χ2n) is 4.77. The van der Waals surface area contributed by atoms with Crippen molar-refractivity contribution in [1.82, 2.24) is 10.2 Å². The Labute approximate surface area is 100 Å².